The number of benzene rings is 1. The summed E-state index contributed by atoms with van der Waals surface area (Å²) in [6.07, 6.45) is 0.889. The van der Waals surface area contributed by atoms with Gasteiger partial charge in [0.2, 0.25) is 0 Å². The third kappa shape index (κ3) is 2.52. The Morgan fingerprint density at radius 3 is 2.64 bits per heavy atom. The molecule has 0 unspecified atom stereocenters. The number of likely N-dealkylation sites (N-methyl/N-ethyl adjacent to an activating group) is 1. The molecule has 3 rings (SSSR count). The number of hydrogen-bond donors (Lipinski definition) is 1. The van der Waals surface area contributed by atoms with Gasteiger partial charge in [0.1, 0.15) is 0 Å². The fourth-order valence-electron chi connectivity index (χ4n) is 4.03. The van der Waals surface area contributed by atoms with E-state index in [9.17, 15) is 9.90 Å². The Kier molecular flexibility index (Phi) is 4.38. The maximum absolute atomic E-state index is 12.4. The average molecular weight is 344 g/mol. The SMILES string of the molecule is COC(=O)[C@@H]1[C@H]2C[C@@H](O)[C@H](C[C@H]1c1ccc(Cl)c(Cl)c1)N2C. The summed E-state index contributed by atoms with van der Waals surface area (Å²) in [6, 6.07) is 5.53. The fourth-order valence-corrected chi connectivity index (χ4v) is 4.34. The quantitative estimate of drug-likeness (QED) is 0.838. The van der Waals surface area contributed by atoms with Crippen molar-refractivity contribution in [3.05, 3.63) is 33.8 Å². The zero-order valence-corrected chi connectivity index (χ0v) is 14.0. The number of hydrogen-bond acceptors (Lipinski definition) is 4. The zero-order valence-electron chi connectivity index (χ0n) is 12.5. The Labute approximate surface area is 140 Å². The lowest BCUT2D eigenvalue weighted by molar-refractivity contribution is -0.150. The molecule has 0 aromatic heterocycles. The van der Waals surface area contributed by atoms with E-state index in [4.69, 9.17) is 27.9 Å². The minimum absolute atomic E-state index is 0.0133. The van der Waals surface area contributed by atoms with Crippen LogP contribution in [-0.2, 0) is 9.53 Å². The number of carbonyl (C=O) groups is 1. The van der Waals surface area contributed by atoms with E-state index in [-0.39, 0.29) is 29.9 Å². The molecule has 0 radical (unpaired) electrons. The predicted octanol–water partition coefficient (Wildman–Crippen LogP) is 2.70. The van der Waals surface area contributed by atoms with Crippen molar-refractivity contribution in [2.45, 2.75) is 36.9 Å². The summed E-state index contributed by atoms with van der Waals surface area (Å²) in [5, 5.41) is 11.2. The first-order valence-corrected chi connectivity index (χ1v) is 8.12. The van der Waals surface area contributed by atoms with Gasteiger partial charge in [0.05, 0.1) is 29.2 Å². The maximum atomic E-state index is 12.4. The van der Waals surface area contributed by atoms with Gasteiger partial charge >= 0.3 is 5.97 Å². The van der Waals surface area contributed by atoms with Crippen molar-refractivity contribution >= 4 is 29.2 Å². The number of nitrogens with zero attached hydrogens (tertiary/aromatic N) is 1. The molecular weight excluding hydrogens is 325 g/mol. The Morgan fingerprint density at radius 1 is 1.27 bits per heavy atom. The van der Waals surface area contributed by atoms with Crippen molar-refractivity contribution in [3.63, 3.8) is 0 Å². The molecule has 1 aromatic carbocycles. The summed E-state index contributed by atoms with van der Waals surface area (Å²) in [6.45, 7) is 0. The molecule has 22 heavy (non-hydrogen) atoms. The highest BCUT2D eigenvalue weighted by Gasteiger charge is 2.53. The van der Waals surface area contributed by atoms with Crippen LogP contribution in [0, 0.1) is 5.92 Å². The largest absolute Gasteiger partial charge is 0.469 e. The lowest BCUT2D eigenvalue weighted by Crippen LogP contribution is -2.49. The summed E-state index contributed by atoms with van der Waals surface area (Å²) in [4.78, 5) is 14.5. The molecule has 0 amide bonds. The molecule has 5 atom stereocenters. The number of ether oxygens (including phenoxy) is 1. The first-order chi connectivity index (χ1) is 10.4. The predicted molar refractivity (Wildman–Crippen MR) is 85.3 cm³/mol. The molecule has 2 fully saturated rings. The lowest BCUT2D eigenvalue weighted by atomic mass is 9.76. The Balaban J connectivity index is 2.00. The van der Waals surface area contributed by atoms with Crippen LogP contribution in [0.1, 0.15) is 24.3 Å². The molecule has 1 aromatic rings. The normalized spacial score (nSPS) is 34.7. The molecule has 120 valence electrons. The molecule has 2 aliphatic heterocycles. The third-order valence-corrected chi connectivity index (χ3v) is 5.90. The van der Waals surface area contributed by atoms with Crippen molar-refractivity contribution in [2.24, 2.45) is 5.92 Å². The summed E-state index contributed by atoms with van der Waals surface area (Å²) in [5.74, 6) is -0.563. The van der Waals surface area contributed by atoms with Crippen molar-refractivity contribution < 1.29 is 14.6 Å². The molecule has 6 heteroatoms. The molecule has 2 saturated heterocycles. The molecule has 2 heterocycles. The first kappa shape index (κ1) is 16.1. The number of aliphatic hydroxyl groups excluding tert-OH is 1. The van der Waals surface area contributed by atoms with Gasteiger partial charge in [-0.3, -0.25) is 9.69 Å². The van der Waals surface area contributed by atoms with E-state index in [2.05, 4.69) is 4.90 Å². The molecule has 0 saturated carbocycles. The van der Waals surface area contributed by atoms with Crippen LogP contribution in [0.2, 0.25) is 10.0 Å². The third-order valence-electron chi connectivity index (χ3n) is 5.16. The van der Waals surface area contributed by atoms with Gasteiger partial charge in [-0.1, -0.05) is 29.3 Å². The standard InChI is InChI=1S/C16H19Cl2NO3/c1-19-12-6-9(8-3-4-10(17)11(18)5-8)15(16(21)22-2)13(19)7-14(12)20/h3-5,9,12-15,20H,6-7H2,1-2H3/t9-,12-,13+,14+,15-/m0/s1. The second-order valence-corrected chi connectivity index (χ2v) is 6.98. The molecule has 2 bridgehead atoms. The number of rotatable bonds is 2. The van der Waals surface area contributed by atoms with Gasteiger partial charge in [0, 0.05) is 18.0 Å². The van der Waals surface area contributed by atoms with Gasteiger partial charge in [0.15, 0.2) is 0 Å². The van der Waals surface area contributed by atoms with Gasteiger partial charge < -0.3 is 9.84 Å². The number of esters is 1. The Hall–Kier alpha value is -0.810. The molecule has 0 aliphatic carbocycles. The van der Waals surface area contributed by atoms with Crippen molar-refractivity contribution in [3.8, 4) is 0 Å². The fraction of sp³-hybridized carbons (Fsp3) is 0.562. The van der Waals surface area contributed by atoms with E-state index in [1.807, 2.05) is 19.2 Å². The van der Waals surface area contributed by atoms with Crippen LogP contribution in [0.3, 0.4) is 0 Å². The van der Waals surface area contributed by atoms with Crippen LogP contribution in [0.4, 0.5) is 0 Å². The van der Waals surface area contributed by atoms with Crippen LogP contribution < -0.4 is 0 Å². The molecule has 0 spiro atoms. The molecule has 2 aliphatic rings. The topological polar surface area (TPSA) is 49.8 Å². The second-order valence-electron chi connectivity index (χ2n) is 6.17. The van der Waals surface area contributed by atoms with Crippen molar-refractivity contribution in [1.82, 2.24) is 4.90 Å². The Bertz CT molecular complexity index is 595. The summed E-state index contributed by atoms with van der Waals surface area (Å²) in [5.41, 5.74) is 0.974. The number of fused-ring (bicyclic) bond motifs is 2. The highest BCUT2D eigenvalue weighted by atomic mass is 35.5. The Morgan fingerprint density at radius 2 is 2.00 bits per heavy atom. The van der Waals surface area contributed by atoms with E-state index in [1.165, 1.54) is 7.11 Å². The van der Waals surface area contributed by atoms with Crippen LogP contribution in [-0.4, -0.2) is 48.3 Å². The van der Waals surface area contributed by atoms with Gasteiger partial charge in [-0.05, 0) is 37.6 Å². The molecule has 1 N–H and O–H groups in total. The zero-order chi connectivity index (χ0) is 16.0. The van der Waals surface area contributed by atoms with Crippen LogP contribution in [0.15, 0.2) is 18.2 Å². The first-order valence-electron chi connectivity index (χ1n) is 7.36. The number of halogens is 2. The van der Waals surface area contributed by atoms with Crippen LogP contribution >= 0.6 is 23.2 Å². The van der Waals surface area contributed by atoms with E-state index in [0.717, 1.165) is 5.56 Å². The number of aliphatic hydroxyl groups is 1. The monoisotopic (exact) mass is 343 g/mol. The maximum Gasteiger partial charge on any atom is 0.310 e. The summed E-state index contributed by atoms with van der Waals surface area (Å²) in [7, 11) is 3.37. The summed E-state index contributed by atoms with van der Waals surface area (Å²) >= 11 is 12.1. The van der Waals surface area contributed by atoms with E-state index in [1.54, 1.807) is 6.07 Å². The second kappa shape index (κ2) is 6.00. The van der Waals surface area contributed by atoms with Gasteiger partial charge in [-0.2, -0.15) is 0 Å². The van der Waals surface area contributed by atoms with E-state index >= 15 is 0 Å². The average Bonchev–Trinajstić information content (AvgIpc) is 2.68. The van der Waals surface area contributed by atoms with Gasteiger partial charge in [-0.15, -0.1) is 0 Å². The van der Waals surface area contributed by atoms with Crippen molar-refractivity contribution in [2.75, 3.05) is 14.2 Å². The highest BCUT2D eigenvalue weighted by molar-refractivity contribution is 6.42. The van der Waals surface area contributed by atoms with Crippen molar-refractivity contribution in [1.29, 1.82) is 0 Å². The smallest absolute Gasteiger partial charge is 0.310 e. The minimum atomic E-state index is -0.407. The lowest BCUT2D eigenvalue weighted by Gasteiger charge is -2.41. The number of carbonyl (C=O) groups excluding carboxylic acids is 1. The number of piperidine rings is 1. The van der Waals surface area contributed by atoms with E-state index < -0.39 is 6.10 Å². The number of methoxy groups -OCH3 is 1. The van der Waals surface area contributed by atoms with Gasteiger partial charge in [0.25, 0.3) is 0 Å². The summed E-state index contributed by atoms with van der Waals surface area (Å²) < 4.78 is 5.02. The highest BCUT2D eigenvalue weighted by Crippen LogP contribution is 2.47. The van der Waals surface area contributed by atoms with Crippen LogP contribution in [0.5, 0.6) is 0 Å². The molecule has 4 nitrogen and oxygen atoms in total. The van der Waals surface area contributed by atoms with E-state index in [0.29, 0.717) is 22.9 Å². The van der Waals surface area contributed by atoms with Crippen LogP contribution in [0.25, 0.3) is 0 Å². The minimum Gasteiger partial charge on any atom is -0.469 e. The van der Waals surface area contributed by atoms with Gasteiger partial charge in [-0.25, -0.2) is 0 Å². The molecular formula is C16H19Cl2NO3.